The van der Waals surface area contributed by atoms with Crippen molar-refractivity contribution in [3.8, 4) is 11.3 Å². The van der Waals surface area contributed by atoms with Crippen LogP contribution < -0.4 is 5.32 Å². The second-order valence-electron chi connectivity index (χ2n) is 7.53. The van der Waals surface area contributed by atoms with E-state index in [1.54, 1.807) is 12.4 Å². The summed E-state index contributed by atoms with van der Waals surface area (Å²) in [6.07, 6.45) is 5.33. The highest BCUT2D eigenvalue weighted by Gasteiger charge is 2.17. The lowest BCUT2D eigenvalue weighted by Gasteiger charge is -2.33. The molecule has 3 heterocycles. The highest BCUT2D eigenvalue weighted by molar-refractivity contribution is 5.93. The molecule has 0 aliphatic carbocycles. The second kappa shape index (κ2) is 8.71. The lowest BCUT2D eigenvalue weighted by Crippen LogP contribution is -2.48. The smallest absolute Gasteiger partial charge is 0.271 e. The standard InChI is InChI=1S/C22H28N6O/c1-3-26-12-14-27(15-13-26)10-8-24-22(29)19-16-28-11-9-23-20(21(28)25-19)18-6-4-17(2)5-7-18/h4-7,9,11,16H,3,8,10,12-15H2,1-2H3,(H,24,29). The van der Waals surface area contributed by atoms with Crippen LogP contribution in [0.3, 0.4) is 0 Å². The predicted octanol–water partition coefficient (Wildman–Crippen LogP) is 2.07. The van der Waals surface area contributed by atoms with Gasteiger partial charge in [-0.25, -0.2) is 4.98 Å². The average molecular weight is 393 g/mol. The predicted molar refractivity (Wildman–Crippen MR) is 114 cm³/mol. The Bertz CT molecular complexity index is 973. The minimum atomic E-state index is -0.143. The third-order valence-corrected chi connectivity index (χ3v) is 5.56. The fourth-order valence-corrected chi connectivity index (χ4v) is 3.69. The first-order valence-electron chi connectivity index (χ1n) is 10.3. The number of hydrogen-bond acceptors (Lipinski definition) is 5. The number of nitrogens with one attached hydrogen (secondary N) is 1. The summed E-state index contributed by atoms with van der Waals surface area (Å²) >= 11 is 0. The molecule has 0 spiro atoms. The molecule has 0 radical (unpaired) electrons. The summed E-state index contributed by atoms with van der Waals surface area (Å²) in [4.78, 5) is 26.5. The van der Waals surface area contributed by atoms with Gasteiger partial charge in [0.15, 0.2) is 5.65 Å². The van der Waals surface area contributed by atoms with Gasteiger partial charge in [0.2, 0.25) is 0 Å². The number of amides is 1. The number of imidazole rings is 1. The number of hydrogen-bond donors (Lipinski definition) is 1. The van der Waals surface area contributed by atoms with Gasteiger partial charge in [-0.05, 0) is 13.5 Å². The first-order chi connectivity index (χ1) is 14.1. The summed E-state index contributed by atoms with van der Waals surface area (Å²) in [5.41, 5.74) is 4.07. The number of aryl methyl sites for hydroxylation is 1. The molecule has 152 valence electrons. The number of carbonyl (C=O) groups excluding carboxylic acids is 1. The first kappa shape index (κ1) is 19.5. The fraction of sp³-hybridized carbons (Fsp3) is 0.409. The van der Waals surface area contributed by atoms with Crippen molar-refractivity contribution in [1.29, 1.82) is 0 Å². The Hall–Kier alpha value is -2.77. The van der Waals surface area contributed by atoms with Gasteiger partial charge < -0.3 is 14.6 Å². The quantitative estimate of drug-likeness (QED) is 0.696. The molecule has 1 aliphatic heterocycles. The zero-order chi connectivity index (χ0) is 20.2. The molecular weight excluding hydrogens is 364 g/mol. The Morgan fingerprint density at radius 2 is 1.83 bits per heavy atom. The van der Waals surface area contributed by atoms with Gasteiger partial charge in [0.1, 0.15) is 11.4 Å². The van der Waals surface area contributed by atoms with Gasteiger partial charge in [0.05, 0.1) is 0 Å². The molecule has 1 N–H and O–H groups in total. The Morgan fingerprint density at radius 3 is 2.55 bits per heavy atom. The molecule has 0 bridgehead atoms. The van der Waals surface area contributed by atoms with Crippen molar-refractivity contribution in [1.82, 2.24) is 29.5 Å². The first-order valence-corrected chi connectivity index (χ1v) is 10.3. The average Bonchev–Trinajstić information content (AvgIpc) is 3.19. The van der Waals surface area contributed by atoms with Gasteiger partial charge in [0, 0.05) is 63.4 Å². The van der Waals surface area contributed by atoms with E-state index in [1.807, 2.05) is 22.7 Å². The van der Waals surface area contributed by atoms with Crippen LogP contribution in [0.5, 0.6) is 0 Å². The van der Waals surface area contributed by atoms with Crippen molar-refractivity contribution in [2.45, 2.75) is 13.8 Å². The van der Waals surface area contributed by atoms with Crippen LogP contribution >= 0.6 is 0 Å². The molecule has 1 aromatic carbocycles. The number of rotatable bonds is 6. The van der Waals surface area contributed by atoms with Crippen LogP contribution in [0.2, 0.25) is 0 Å². The molecule has 1 fully saturated rings. The summed E-state index contributed by atoms with van der Waals surface area (Å²) < 4.78 is 1.86. The molecule has 0 atom stereocenters. The third-order valence-electron chi connectivity index (χ3n) is 5.56. The van der Waals surface area contributed by atoms with E-state index in [0.29, 0.717) is 17.9 Å². The van der Waals surface area contributed by atoms with Crippen molar-refractivity contribution in [2.24, 2.45) is 0 Å². The van der Waals surface area contributed by atoms with Gasteiger partial charge >= 0.3 is 0 Å². The Balaban J connectivity index is 1.41. The third kappa shape index (κ3) is 4.46. The van der Waals surface area contributed by atoms with Gasteiger partial charge in [-0.3, -0.25) is 14.7 Å². The van der Waals surface area contributed by atoms with Crippen LogP contribution in [-0.2, 0) is 0 Å². The summed E-state index contributed by atoms with van der Waals surface area (Å²) in [5.74, 6) is -0.143. The number of aromatic nitrogens is 3. The number of likely N-dealkylation sites (N-methyl/N-ethyl adjacent to an activating group) is 1. The SMILES string of the molecule is CCN1CCN(CCNC(=O)c2cn3ccnc(-c4ccc(C)cc4)c3n2)CC1. The van der Waals surface area contributed by atoms with Gasteiger partial charge in [-0.15, -0.1) is 0 Å². The topological polar surface area (TPSA) is 65.8 Å². The normalized spacial score (nSPS) is 15.7. The van der Waals surface area contributed by atoms with Crippen LogP contribution in [0, 0.1) is 6.92 Å². The second-order valence-corrected chi connectivity index (χ2v) is 7.53. The molecule has 1 amide bonds. The molecule has 2 aromatic heterocycles. The molecule has 29 heavy (non-hydrogen) atoms. The molecule has 1 aliphatic rings. The molecule has 7 nitrogen and oxygen atoms in total. The monoisotopic (exact) mass is 392 g/mol. The summed E-state index contributed by atoms with van der Waals surface area (Å²) in [6, 6.07) is 8.17. The van der Waals surface area contributed by atoms with Crippen LogP contribution in [0.1, 0.15) is 23.0 Å². The molecule has 0 unspecified atom stereocenters. The van der Waals surface area contributed by atoms with E-state index in [4.69, 9.17) is 0 Å². The van der Waals surface area contributed by atoms with Crippen LogP contribution in [0.4, 0.5) is 0 Å². The summed E-state index contributed by atoms with van der Waals surface area (Å²) in [5, 5.41) is 3.01. The van der Waals surface area contributed by atoms with Crippen LogP contribution in [0.15, 0.2) is 42.9 Å². The summed E-state index contributed by atoms with van der Waals surface area (Å²) in [7, 11) is 0. The molecule has 4 rings (SSSR count). The number of nitrogens with zero attached hydrogens (tertiary/aromatic N) is 5. The maximum absolute atomic E-state index is 12.6. The minimum Gasteiger partial charge on any atom is -0.349 e. The molecule has 7 heteroatoms. The van der Waals surface area contributed by atoms with E-state index < -0.39 is 0 Å². The van der Waals surface area contributed by atoms with Gasteiger partial charge in [-0.1, -0.05) is 36.8 Å². The van der Waals surface area contributed by atoms with Gasteiger partial charge in [0.25, 0.3) is 5.91 Å². The largest absolute Gasteiger partial charge is 0.349 e. The number of piperazine rings is 1. The maximum Gasteiger partial charge on any atom is 0.271 e. The van der Waals surface area contributed by atoms with Crippen molar-refractivity contribution in [3.05, 3.63) is 54.1 Å². The van der Waals surface area contributed by atoms with Crippen LogP contribution in [-0.4, -0.2) is 75.9 Å². The molecule has 1 saturated heterocycles. The summed E-state index contributed by atoms with van der Waals surface area (Å²) in [6.45, 7) is 11.2. The lowest BCUT2D eigenvalue weighted by molar-refractivity contribution is 0.0933. The zero-order valence-electron chi connectivity index (χ0n) is 17.1. The van der Waals surface area contributed by atoms with E-state index in [9.17, 15) is 4.79 Å². The van der Waals surface area contributed by atoms with Crippen molar-refractivity contribution >= 4 is 11.6 Å². The van der Waals surface area contributed by atoms with Crippen molar-refractivity contribution in [2.75, 3.05) is 45.8 Å². The number of fused-ring (bicyclic) bond motifs is 1. The zero-order valence-corrected chi connectivity index (χ0v) is 17.1. The van der Waals surface area contributed by atoms with Crippen LogP contribution in [0.25, 0.3) is 16.9 Å². The van der Waals surface area contributed by atoms with Gasteiger partial charge in [-0.2, -0.15) is 0 Å². The molecular formula is C22H28N6O. The van der Waals surface area contributed by atoms with E-state index in [-0.39, 0.29) is 5.91 Å². The Morgan fingerprint density at radius 1 is 1.10 bits per heavy atom. The highest BCUT2D eigenvalue weighted by atomic mass is 16.1. The van der Waals surface area contributed by atoms with E-state index in [1.165, 1.54) is 5.56 Å². The van der Waals surface area contributed by atoms with Crippen molar-refractivity contribution < 1.29 is 4.79 Å². The fourth-order valence-electron chi connectivity index (χ4n) is 3.69. The Labute approximate surface area is 171 Å². The highest BCUT2D eigenvalue weighted by Crippen LogP contribution is 2.22. The van der Waals surface area contributed by atoms with E-state index in [2.05, 4.69) is 51.1 Å². The number of carbonyl (C=O) groups is 1. The van der Waals surface area contributed by atoms with Crippen molar-refractivity contribution in [3.63, 3.8) is 0 Å². The van der Waals surface area contributed by atoms with E-state index in [0.717, 1.165) is 50.5 Å². The molecule has 3 aromatic rings. The van der Waals surface area contributed by atoms with E-state index >= 15 is 0 Å². The Kier molecular flexibility index (Phi) is 5.87. The number of benzene rings is 1. The molecule has 0 saturated carbocycles. The lowest BCUT2D eigenvalue weighted by atomic mass is 10.1. The minimum absolute atomic E-state index is 0.143. The maximum atomic E-state index is 12.6.